The summed E-state index contributed by atoms with van der Waals surface area (Å²) in [5.74, 6) is -0.0909. The van der Waals surface area contributed by atoms with Crippen LogP contribution >= 0.6 is 34.8 Å². The zero-order valence-corrected chi connectivity index (χ0v) is 17.9. The van der Waals surface area contributed by atoms with Gasteiger partial charge in [-0.15, -0.1) is 0 Å². The third kappa shape index (κ3) is 5.93. The van der Waals surface area contributed by atoms with Crippen molar-refractivity contribution in [2.24, 2.45) is 0 Å². The third-order valence-corrected chi connectivity index (χ3v) is 5.71. The lowest BCUT2D eigenvalue weighted by Crippen LogP contribution is -2.02. The fourth-order valence-corrected chi connectivity index (χ4v) is 3.68. The van der Waals surface area contributed by atoms with Crippen LogP contribution in [0.2, 0.25) is 10.0 Å². The Balaban J connectivity index is 1.71. The van der Waals surface area contributed by atoms with Gasteiger partial charge in [0, 0.05) is 32.6 Å². The minimum Gasteiger partial charge on any atom is -0.294 e. The third-order valence-electron chi connectivity index (χ3n) is 4.72. The van der Waals surface area contributed by atoms with Crippen LogP contribution in [0.3, 0.4) is 0 Å². The minimum absolute atomic E-state index is 0.0132. The molecule has 0 aliphatic heterocycles. The number of hydrogen-bond acceptors (Lipinski definition) is 2. The van der Waals surface area contributed by atoms with E-state index in [0.29, 0.717) is 26.2 Å². The summed E-state index contributed by atoms with van der Waals surface area (Å²) < 4.78 is 0. The smallest absolute Gasteiger partial charge is 0.185 e. The first-order chi connectivity index (χ1) is 13.9. The number of hydrogen-bond donors (Lipinski definition) is 0. The lowest BCUT2D eigenvalue weighted by atomic mass is 9.93. The molecule has 2 aromatic carbocycles. The van der Waals surface area contributed by atoms with E-state index < -0.39 is 0 Å². The maximum Gasteiger partial charge on any atom is 0.185 e. The molecule has 0 bridgehead atoms. The van der Waals surface area contributed by atoms with Crippen molar-refractivity contribution in [3.05, 3.63) is 104 Å². The van der Waals surface area contributed by atoms with Crippen LogP contribution in [0.4, 0.5) is 0 Å². The second kappa shape index (κ2) is 10.1. The van der Waals surface area contributed by atoms with Gasteiger partial charge in [-0.25, -0.2) is 0 Å². The minimum atomic E-state index is -0.104. The highest BCUT2D eigenvalue weighted by Gasteiger charge is 2.15. The van der Waals surface area contributed by atoms with Gasteiger partial charge in [-0.1, -0.05) is 47.0 Å². The van der Waals surface area contributed by atoms with E-state index in [-0.39, 0.29) is 18.0 Å². The molecule has 0 atom stereocenters. The molecule has 148 valence electrons. The Morgan fingerprint density at radius 2 is 1.41 bits per heavy atom. The predicted octanol–water partition coefficient (Wildman–Crippen LogP) is 7.61. The van der Waals surface area contributed by atoms with Crippen LogP contribution in [0, 0.1) is 0 Å². The number of benzene rings is 2. The van der Waals surface area contributed by atoms with Gasteiger partial charge in [0.2, 0.25) is 0 Å². The van der Waals surface area contributed by atoms with Crippen LogP contribution in [0.25, 0.3) is 0 Å². The Morgan fingerprint density at radius 1 is 0.828 bits per heavy atom. The van der Waals surface area contributed by atoms with Gasteiger partial charge >= 0.3 is 0 Å². The van der Waals surface area contributed by atoms with Crippen molar-refractivity contribution in [1.29, 1.82) is 0 Å². The summed E-state index contributed by atoms with van der Waals surface area (Å²) in [5, 5.41) is 1.81. The fourth-order valence-electron chi connectivity index (χ4n) is 3.10. The summed E-state index contributed by atoms with van der Waals surface area (Å²) >= 11 is 18.3. The number of rotatable bonds is 6. The van der Waals surface area contributed by atoms with Crippen molar-refractivity contribution < 1.29 is 9.59 Å². The van der Waals surface area contributed by atoms with E-state index in [0.717, 1.165) is 30.4 Å². The molecule has 3 rings (SSSR count). The highest BCUT2D eigenvalue weighted by atomic mass is 35.5. The number of Topliss-reactive ketones (excluding diaryl/α,β-unsaturated/α-hetero) is 1. The molecule has 0 saturated carbocycles. The molecule has 0 saturated heterocycles. The molecule has 0 aromatic heterocycles. The number of carbonyl (C=O) groups excluding carboxylic acids is 2. The largest absolute Gasteiger partial charge is 0.294 e. The van der Waals surface area contributed by atoms with Gasteiger partial charge in [-0.3, -0.25) is 9.59 Å². The van der Waals surface area contributed by atoms with Crippen LogP contribution in [0.5, 0.6) is 0 Å². The molecule has 1 aliphatic rings. The maximum absolute atomic E-state index is 12.4. The van der Waals surface area contributed by atoms with Crippen LogP contribution in [0.1, 0.15) is 46.4 Å². The average Bonchev–Trinajstić information content (AvgIpc) is 2.72. The van der Waals surface area contributed by atoms with Crippen LogP contribution in [-0.4, -0.2) is 11.6 Å². The Bertz CT molecular complexity index is 997. The first kappa shape index (κ1) is 21.6. The molecule has 0 heterocycles. The van der Waals surface area contributed by atoms with Crippen molar-refractivity contribution >= 4 is 46.4 Å². The molecule has 29 heavy (non-hydrogen) atoms. The summed E-state index contributed by atoms with van der Waals surface area (Å²) in [7, 11) is 0. The number of ketones is 2. The molecule has 1 aliphatic carbocycles. The van der Waals surface area contributed by atoms with E-state index in [4.69, 9.17) is 34.8 Å². The van der Waals surface area contributed by atoms with E-state index in [1.165, 1.54) is 6.08 Å². The van der Waals surface area contributed by atoms with Crippen molar-refractivity contribution in [2.75, 3.05) is 0 Å². The summed E-state index contributed by atoms with van der Waals surface area (Å²) in [6.45, 7) is 0. The number of carbonyl (C=O) groups is 2. The van der Waals surface area contributed by atoms with Crippen molar-refractivity contribution in [3.8, 4) is 0 Å². The topological polar surface area (TPSA) is 34.1 Å². The van der Waals surface area contributed by atoms with Crippen molar-refractivity contribution in [2.45, 2.75) is 25.7 Å². The van der Waals surface area contributed by atoms with Crippen LogP contribution < -0.4 is 0 Å². The van der Waals surface area contributed by atoms with Crippen LogP contribution in [-0.2, 0) is 0 Å². The quantitative estimate of drug-likeness (QED) is 0.339. The molecule has 0 fully saturated rings. The zero-order chi connectivity index (χ0) is 20.8. The Labute approximate surface area is 185 Å². The van der Waals surface area contributed by atoms with Crippen molar-refractivity contribution in [3.63, 3.8) is 0 Å². The van der Waals surface area contributed by atoms with Gasteiger partial charge in [0.05, 0.1) is 0 Å². The highest BCUT2D eigenvalue weighted by Crippen LogP contribution is 2.33. The summed E-state index contributed by atoms with van der Waals surface area (Å²) in [6.07, 6.45) is 7.99. The second-order valence-electron chi connectivity index (χ2n) is 6.76. The first-order valence-corrected chi connectivity index (χ1v) is 10.4. The summed E-state index contributed by atoms with van der Waals surface area (Å²) in [4.78, 5) is 24.7. The van der Waals surface area contributed by atoms with Gasteiger partial charge < -0.3 is 0 Å². The second-order valence-corrected chi connectivity index (χ2v) is 8.01. The highest BCUT2D eigenvalue weighted by molar-refractivity contribution is 6.33. The molecule has 0 radical (unpaired) electrons. The molecule has 0 spiro atoms. The lowest BCUT2D eigenvalue weighted by Gasteiger charge is -2.17. The molecule has 5 heteroatoms. The monoisotopic (exact) mass is 444 g/mol. The molecule has 0 unspecified atom stereocenters. The summed E-state index contributed by atoms with van der Waals surface area (Å²) in [6, 6.07) is 13.6. The van der Waals surface area contributed by atoms with Crippen molar-refractivity contribution in [1.82, 2.24) is 0 Å². The summed E-state index contributed by atoms with van der Waals surface area (Å²) in [5.41, 5.74) is 3.04. The van der Waals surface area contributed by atoms with Gasteiger partial charge in [0.25, 0.3) is 0 Å². The maximum atomic E-state index is 12.4. The lowest BCUT2D eigenvalue weighted by molar-refractivity contribution is 0.0994. The molecular weight excluding hydrogens is 427 g/mol. The molecule has 0 N–H and O–H groups in total. The average molecular weight is 446 g/mol. The van der Waals surface area contributed by atoms with E-state index in [1.54, 1.807) is 54.6 Å². The van der Waals surface area contributed by atoms with E-state index in [2.05, 4.69) is 0 Å². The van der Waals surface area contributed by atoms with Gasteiger partial charge in [-0.2, -0.15) is 0 Å². The van der Waals surface area contributed by atoms with Gasteiger partial charge in [0.1, 0.15) is 0 Å². The number of halogens is 3. The normalized spacial score (nSPS) is 15.9. The molecule has 2 aromatic rings. The Hall–Kier alpha value is -2.13. The van der Waals surface area contributed by atoms with Crippen LogP contribution in [0.15, 0.2) is 82.9 Å². The van der Waals surface area contributed by atoms with E-state index in [1.807, 2.05) is 6.08 Å². The molecule has 0 amide bonds. The van der Waals surface area contributed by atoms with E-state index >= 15 is 0 Å². The Morgan fingerprint density at radius 3 is 2.03 bits per heavy atom. The fraction of sp³-hybridized carbons (Fsp3) is 0.167. The van der Waals surface area contributed by atoms with Gasteiger partial charge in [-0.05, 0) is 85.0 Å². The van der Waals surface area contributed by atoms with E-state index in [9.17, 15) is 9.59 Å². The number of allylic oxidation sites excluding steroid dienone is 6. The zero-order valence-electron chi connectivity index (χ0n) is 15.6. The standard InChI is InChI=1S/C24H19Cl3O2/c25-20-10-4-16(5-11-20)22(28)14-8-18-2-1-3-19(24(18)27)9-15-23(29)17-6-12-21(26)13-7-17/h4-14H,1-3,15H2/b14-8+,19-9+. The van der Waals surface area contributed by atoms with Gasteiger partial charge in [0.15, 0.2) is 11.6 Å². The molecular formula is C24H19Cl3O2. The predicted molar refractivity (Wildman–Crippen MR) is 120 cm³/mol. The molecule has 2 nitrogen and oxygen atoms in total. The SMILES string of the molecule is O=C(/C=C/C1=C(Cl)C(=C/CC(=O)c2ccc(Cl)cc2)/CCC1)c1ccc(Cl)cc1. The Kier molecular flexibility index (Phi) is 7.49. The first-order valence-electron chi connectivity index (χ1n) is 9.29.